The van der Waals surface area contributed by atoms with Crippen molar-refractivity contribution in [3.63, 3.8) is 0 Å². The number of rotatable bonds is 2. The number of hydrogen-bond acceptors (Lipinski definition) is 4. The Balaban J connectivity index is 2.09. The molecule has 88 valence electrons. The van der Waals surface area contributed by atoms with Crippen molar-refractivity contribution in [2.75, 3.05) is 13.1 Å². The lowest BCUT2D eigenvalue weighted by Crippen LogP contribution is -2.21. The van der Waals surface area contributed by atoms with E-state index in [1.54, 1.807) is 6.20 Å². The van der Waals surface area contributed by atoms with Crippen molar-refractivity contribution in [2.45, 2.75) is 38.7 Å². The number of hydrogen-bond donors (Lipinski definition) is 1. The van der Waals surface area contributed by atoms with E-state index < -0.39 is 0 Å². The molecule has 1 N–H and O–H groups in total. The van der Waals surface area contributed by atoms with Crippen LogP contribution in [0.3, 0.4) is 0 Å². The quantitative estimate of drug-likeness (QED) is 0.822. The fraction of sp³-hybridized carbons (Fsp3) is 0.667. The van der Waals surface area contributed by atoms with Crippen LogP contribution in [0.4, 0.5) is 0 Å². The van der Waals surface area contributed by atoms with Crippen LogP contribution >= 0.6 is 0 Å². The molecular formula is C12H19N3O. The van der Waals surface area contributed by atoms with E-state index in [0.717, 1.165) is 25.3 Å². The van der Waals surface area contributed by atoms with Gasteiger partial charge in [-0.15, -0.1) is 0 Å². The normalized spacial score (nSPS) is 21.1. The molecule has 4 heteroatoms. The van der Waals surface area contributed by atoms with Gasteiger partial charge in [0, 0.05) is 24.2 Å². The summed E-state index contributed by atoms with van der Waals surface area (Å²) in [4.78, 5) is 8.72. The molecule has 0 bridgehead atoms. The summed E-state index contributed by atoms with van der Waals surface area (Å²) in [5.41, 5.74) is -0.0344. The third kappa shape index (κ3) is 2.70. The molecule has 1 aromatic heterocycles. The molecule has 1 aliphatic rings. The first-order valence-electron chi connectivity index (χ1n) is 5.76. The summed E-state index contributed by atoms with van der Waals surface area (Å²) in [6, 6.07) is 1.83. The minimum Gasteiger partial charge on any atom is -0.473 e. The average Bonchev–Trinajstić information content (AvgIpc) is 2.70. The molecule has 1 aromatic rings. The van der Waals surface area contributed by atoms with Gasteiger partial charge in [0.1, 0.15) is 11.9 Å². The van der Waals surface area contributed by atoms with E-state index in [1.165, 1.54) is 0 Å². The lowest BCUT2D eigenvalue weighted by Gasteiger charge is -2.18. The van der Waals surface area contributed by atoms with Gasteiger partial charge in [-0.1, -0.05) is 20.8 Å². The van der Waals surface area contributed by atoms with Gasteiger partial charge in [0.05, 0.1) is 0 Å². The molecule has 0 spiro atoms. The minimum absolute atomic E-state index is 0.0344. The van der Waals surface area contributed by atoms with Crippen LogP contribution < -0.4 is 10.1 Å². The third-order valence-electron chi connectivity index (χ3n) is 2.60. The van der Waals surface area contributed by atoms with E-state index in [9.17, 15) is 0 Å². The highest BCUT2D eigenvalue weighted by Crippen LogP contribution is 2.20. The fourth-order valence-corrected chi connectivity index (χ4v) is 1.67. The van der Waals surface area contributed by atoms with Crippen LogP contribution in [0.25, 0.3) is 0 Å². The zero-order valence-corrected chi connectivity index (χ0v) is 10.2. The average molecular weight is 221 g/mol. The second kappa shape index (κ2) is 4.37. The molecule has 0 saturated carbocycles. The zero-order valence-electron chi connectivity index (χ0n) is 10.2. The van der Waals surface area contributed by atoms with Crippen LogP contribution in [0, 0.1) is 0 Å². The second-order valence-corrected chi connectivity index (χ2v) is 5.20. The molecule has 1 unspecified atom stereocenters. The third-order valence-corrected chi connectivity index (χ3v) is 2.60. The van der Waals surface area contributed by atoms with E-state index in [0.29, 0.717) is 5.88 Å². The lowest BCUT2D eigenvalue weighted by molar-refractivity contribution is 0.212. The molecule has 0 amide bonds. The number of nitrogens with one attached hydrogen (secondary N) is 1. The first-order chi connectivity index (χ1) is 7.55. The van der Waals surface area contributed by atoms with E-state index in [-0.39, 0.29) is 11.5 Å². The van der Waals surface area contributed by atoms with E-state index in [1.807, 2.05) is 6.07 Å². The van der Waals surface area contributed by atoms with Gasteiger partial charge < -0.3 is 10.1 Å². The van der Waals surface area contributed by atoms with Gasteiger partial charge in [0.2, 0.25) is 5.88 Å². The largest absolute Gasteiger partial charge is 0.473 e. The van der Waals surface area contributed by atoms with Gasteiger partial charge in [0.25, 0.3) is 0 Å². The molecule has 1 atom stereocenters. The van der Waals surface area contributed by atoms with E-state index in [2.05, 4.69) is 36.1 Å². The first kappa shape index (κ1) is 11.3. The van der Waals surface area contributed by atoms with Crippen molar-refractivity contribution >= 4 is 0 Å². The number of nitrogens with zero attached hydrogens (tertiary/aromatic N) is 2. The Labute approximate surface area is 96.4 Å². The summed E-state index contributed by atoms with van der Waals surface area (Å²) >= 11 is 0. The van der Waals surface area contributed by atoms with Crippen LogP contribution in [-0.2, 0) is 5.41 Å². The SMILES string of the molecule is CC(C)(C)c1nccc(OC2CCNC2)n1. The molecule has 1 saturated heterocycles. The van der Waals surface area contributed by atoms with Gasteiger partial charge in [-0.25, -0.2) is 4.98 Å². The maximum atomic E-state index is 5.80. The molecule has 16 heavy (non-hydrogen) atoms. The highest BCUT2D eigenvalue weighted by Gasteiger charge is 2.20. The van der Waals surface area contributed by atoms with Gasteiger partial charge in [-0.2, -0.15) is 4.98 Å². The van der Waals surface area contributed by atoms with Gasteiger partial charge >= 0.3 is 0 Å². The summed E-state index contributed by atoms with van der Waals surface area (Å²) in [7, 11) is 0. The zero-order chi connectivity index (χ0) is 11.6. The summed E-state index contributed by atoms with van der Waals surface area (Å²) < 4.78 is 5.80. The molecule has 1 fully saturated rings. The van der Waals surface area contributed by atoms with Crippen molar-refractivity contribution in [1.29, 1.82) is 0 Å². The van der Waals surface area contributed by atoms with Crippen molar-refractivity contribution in [3.8, 4) is 5.88 Å². The Morgan fingerprint density at radius 1 is 1.44 bits per heavy atom. The summed E-state index contributed by atoms with van der Waals surface area (Å²) in [5.74, 6) is 1.52. The minimum atomic E-state index is -0.0344. The van der Waals surface area contributed by atoms with Crippen molar-refractivity contribution in [2.24, 2.45) is 0 Å². The second-order valence-electron chi connectivity index (χ2n) is 5.20. The van der Waals surface area contributed by atoms with Crippen molar-refractivity contribution in [1.82, 2.24) is 15.3 Å². The Bertz CT molecular complexity index is 354. The summed E-state index contributed by atoms with van der Waals surface area (Å²) in [5, 5.41) is 3.27. The van der Waals surface area contributed by atoms with Crippen LogP contribution in [0.15, 0.2) is 12.3 Å². The molecule has 1 aliphatic heterocycles. The topological polar surface area (TPSA) is 47.0 Å². The fourth-order valence-electron chi connectivity index (χ4n) is 1.67. The molecule has 2 heterocycles. The predicted molar refractivity (Wildman–Crippen MR) is 62.6 cm³/mol. The smallest absolute Gasteiger partial charge is 0.216 e. The molecule has 0 radical (unpaired) electrons. The lowest BCUT2D eigenvalue weighted by atomic mass is 9.96. The maximum Gasteiger partial charge on any atom is 0.216 e. The predicted octanol–water partition coefficient (Wildman–Crippen LogP) is 1.51. The van der Waals surface area contributed by atoms with Crippen LogP contribution in [0.1, 0.15) is 33.0 Å². The maximum absolute atomic E-state index is 5.80. The van der Waals surface area contributed by atoms with Crippen LogP contribution in [0.5, 0.6) is 5.88 Å². The first-order valence-corrected chi connectivity index (χ1v) is 5.76. The monoisotopic (exact) mass is 221 g/mol. The summed E-state index contributed by atoms with van der Waals surface area (Å²) in [6.07, 6.45) is 3.07. The van der Waals surface area contributed by atoms with Crippen LogP contribution in [-0.4, -0.2) is 29.2 Å². The van der Waals surface area contributed by atoms with Gasteiger partial charge in [0.15, 0.2) is 0 Å². The van der Waals surface area contributed by atoms with E-state index >= 15 is 0 Å². The molecule has 0 aliphatic carbocycles. The molecule has 2 rings (SSSR count). The number of ether oxygens (including phenoxy) is 1. The van der Waals surface area contributed by atoms with Crippen molar-refractivity contribution in [3.05, 3.63) is 18.1 Å². The molecular weight excluding hydrogens is 202 g/mol. The van der Waals surface area contributed by atoms with Gasteiger partial charge in [-0.05, 0) is 13.0 Å². The molecule has 0 aromatic carbocycles. The summed E-state index contributed by atoms with van der Waals surface area (Å²) in [6.45, 7) is 8.24. The highest BCUT2D eigenvalue weighted by atomic mass is 16.5. The Kier molecular flexibility index (Phi) is 3.10. The van der Waals surface area contributed by atoms with E-state index in [4.69, 9.17) is 4.74 Å². The van der Waals surface area contributed by atoms with Gasteiger partial charge in [-0.3, -0.25) is 0 Å². The Morgan fingerprint density at radius 3 is 2.88 bits per heavy atom. The van der Waals surface area contributed by atoms with Crippen LogP contribution in [0.2, 0.25) is 0 Å². The highest BCUT2D eigenvalue weighted by molar-refractivity contribution is 5.13. The Hall–Kier alpha value is -1.16. The number of aromatic nitrogens is 2. The molecule has 4 nitrogen and oxygen atoms in total. The van der Waals surface area contributed by atoms with Crippen molar-refractivity contribution < 1.29 is 4.74 Å². The standard InChI is InChI=1S/C12H19N3O/c1-12(2,3)11-14-7-5-10(15-11)16-9-4-6-13-8-9/h5,7,9,13H,4,6,8H2,1-3H3. The Morgan fingerprint density at radius 2 is 2.25 bits per heavy atom.